The zero-order valence-electron chi connectivity index (χ0n) is 19.2. The summed E-state index contributed by atoms with van der Waals surface area (Å²) in [6.07, 6.45) is 3.01. The zero-order valence-corrected chi connectivity index (χ0v) is 20.0. The van der Waals surface area contributed by atoms with E-state index in [-0.39, 0.29) is 10.6 Å². The van der Waals surface area contributed by atoms with Gasteiger partial charge in [-0.2, -0.15) is 4.31 Å². The zero-order chi connectivity index (χ0) is 23.8. The van der Waals surface area contributed by atoms with Crippen molar-refractivity contribution in [2.75, 3.05) is 18.0 Å². The van der Waals surface area contributed by atoms with Gasteiger partial charge in [0.05, 0.1) is 17.7 Å². The number of carbonyl (C=O) groups excluding carboxylic acids is 1. The monoisotopic (exact) mass is 467 g/mol. The Morgan fingerprint density at radius 1 is 0.879 bits per heavy atom. The van der Waals surface area contributed by atoms with Gasteiger partial charge >= 0.3 is 0 Å². The maximum Gasteiger partial charge on any atom is 0.278 e. The molecular weight excluding hydrogens is 438 g/mol. The van der Waals surface area contributed by atoms with E-state index in [2.05, 4.69) is 6.92 Å². The van der Waals surface area contributed by atoms with E-state index in [1.807, 2.05) is 19.1 Å². The van der Waals surface area contributed by atoms with Crippen LogP contribution in [0.25, 0.3) is 0 Å². The number of anilines is 1. The number of hydrogen-bond donors (Lipinski definition) is 0. The summed E-state index contributed by atoms with van der Waals surface area (Å²) in [6, 6.07) is 20.2. The molecule has 0 N–H and O–H groups in total. The van der Waals surface area contributed by atoms with Crippen molar-refractivity contribution in [2.45, 2.75) is 38.0 Å². The number of nitrogens with zero attached hydrogens (tertiary/aromatic N) is 1. The maximum absolute atomic E-state index is 13.5. The molecule has 7 heteroatoms. The largest absolute Gasteiger partial charge is 0.497 e. The number of amides is 1. The fraction of sp³-hybridized carbons (Fsp3) is 0.269. The number of hydrogen-bond acceptors (Lipinski definition) is 5. The predicted octanol–water partition coefficient (Wildman–Crippen LogP) is 5.15. The van der Waals surface area contributed by atoms with Crippen LogP contribution >= 0.6 is 0 Å². The van der Waals surface area contributed by atoms with Crippen molar-refractivity contribution in [3.8, 4) is 11.5 Å². The highest BCUT2D eigenvalue weighted by atomic mass is 32.2. The van der Waals surface area contributed by atoms with Gasteiger partial charge in [-0.15, -0.1) is 0 Å². The lowest BCUT2D eigenvalue weighted by atomic mass is 10.1. The third-order valence-electron chi connectivity index (χ3n) is 5.20. The molecule has 0 aliphatic heterocycles. The van der Waals surface area contributed by atoms with E-state index in [0.717, 1.165) is 34.7 Å². The van der Waals surface area contributed by atoms with Crippen LogP contribution in [-0.2, 0) is 21.2 Å². The van der Waals surface area contributed by atoms with E-state index in [9.17, 15) is 13.2 Å². The van der Waals surface area contributed by atoms with Crippen molar-refractivity contribution < 1.29 is 22.7 Å². The minimum Gasteiger partial charge on any atom is -0.497 e. The third-order valence-corrected chi connectivity index (χ3v) is 6.96. The Morgan fingerprint density at radius 2 is 1.48 bits per heavy atom. The second kappa shape index (κ2) is 11.0. The number of carbonyl (C=O) groups is 1. The van der Waals surface area contributed by atoms with Crippen LogP contribution in [0.3, 0.4) is 0 Å². The minimum absolute atomic E-state index is 0.0426. The molecule has 1 amide bonds. The van der Waals surface area contributed by atoms with E-state index < -0.39 is 22.5 Å². The van der Waals surface area contributed by atoms with Crippen molar-refractivity contribution in [2.24, 2.45) is 0 Å². The summed E-state index contributed by atoms with van der Waals surface area (Å²) in [7, 11) is -2.57. The van der Waals surface area contributed by atoms with E-state index in [0.29, 0.717) is 11.5 Å². The summed E-state index contributed by atoms with van der Waals surface area (Å²) < 4.78 is 38.5. The van der Waals surface area contributed by atoms with Gasteiger partial charge < -0.3 is 9.47 Å². The van der Waals surface area contributed by atoms with Gasteiger partial charge in [-0.3, -0.25) is 4.79 Å². The van der Waals surface area contributed by atoms with Gasteiger partial charge in [0.1, 0.15) is 11.5 Å². The van der Waals surface area contributed by atoms with Crippen LogP contribution in [0.2, 0.25) is 0 Å². The molecule has 0 unspecified atom stereocenters. The standard InChI is InChI=1S/C26H29NO5S/c1-4-5-6-21-9-11-22(12-10-21)27(33(29,30)25-17-7-20(2)8-18-25)26(28)19-32-24-15-13-23(31-3)14-16-24/h7-18H,4-6,19H2,1-3H3. The van der Waals surface area contributed by atoms with E-state index in [1.165, 1.54) is 12.1 Å². The van der Waals surface area contributed by atoms with Gasteiger partial charge in [0.15, 0.2) is 6.61 Å². The highest BCUT2D eigenvalue weighted by molar-refractivity contribution is 7.93. The van der Waals surface area contributed by atoms with Crippen LogP contribution in [-0.4, -0.2) is 28.0 Å². The third kappa shape index (κ3) is 6.14. The van der Waals surface area contributed by atoms with Gasteiger partial charge in [0.2, 0.25) is 0 Å². The Morgan fingerprint density at radius 3 is 2.06 bits per heavy atom. The predicted molar refractivity (Wildman–Crippen MR) is 129 cm³/mol. The van der Waals surface area contributed by atoms with Crippen molar-refractivity contribution in [1.29, 1.82) is 0 Å². The quantitative estimate of drug-likeness (QED) is 0.412. The molecule has 0 bridgehead atoms. The Balaban J connectivity index is 1.90. The first-order valence-corrected chi connectivity index (χ1v) is 12.3. The summed E-state index contributed by atoms with van der Waals surface area (Å²) in [4.78, 5) is 13.2. The van der Waals surface area contributed by atoms with Gasteiger partial charge in [-0.05, 0) is 73.9 Å². The molecule has 0 saturated heterocycles. The fourth-order valence-corrected chi connectivity index (χ4v) is 4.70. The molecule has 0 spiro atoms. The van der Waals surface area contributed by atoms with E-state index in [1.54, 1.807) is 55.6 Å². The molecule has 174 valence electrons. The number of sulfonamides is 1. The summed E-state index contributed by atoms with van der Waals surface area (Å²) >= 11 is 0. The summed E-state index contributed by atoms with van der Waals surface area (Å²) in [5.41, 5.74) is 2.30. The molecule has 3 aromatic carbocycles. The molecule has 0 saturated carbocycles. The molecule has 0 radical (unpaired) electrons. The molecule has 0 heterocycles. The smallest absolute Gasteiger partial charge is 0.278 e. The molecule has 0 atom stereocenters. The first-order valence-electron chi connectivity index (χ1n) is 10.9. The molecule has 6 nitrogen and oxygen atoms in total. The minimum atomic E-state index is -4.13. The van der Waals surface area contributed by atoms with E-state index in [4.69, 9.17) is 9.47 Å². The normalized spacial score (nSPS) is 11.1. The number of ether oxygens (including phenoxy) is 2. The molecule has 3 aromatic rings. The molecular formula is C26H29NO5S. The molecule has 33 heavy (non-hydrogen) atoms. The number of benzene rings is 3. The number of aryl methyl sites for hydroxylation is 2. The lowest BCUT2D eigenvalue weighted by Gasteiger charge is -2.23. The van der Waals surface area contributed by atoms with E-state index >= 15 is 0 Å². The molecule has 3 rings (SSSR count). The summed E-state index contributed by atoms with van der Waals surface area (Å²) in [5.74, 6) is 0.403. The Labute approximate surface area is 195 Å². The first kappa shape index (κ1) is 24.3. The highest BCUT2D eigenvalue weighted by Gasteiger charge is 2.31. The van der Waals surface area contributed by atoms with Crippen LogP contribution < -0.4 is 13.8 Å². The lowest BCUT2D eigenvalue weighted by molar-refractivity contribution is -0.119. The lowest BCUT2D eigenvalue weighted by Crippen LogP contribution is -2.40. The van der Waals surface area contributed by atoms with Gasteiger partial charge in [0, 0.05) is 0 Å². The molecule has 0 aromatic heterocycles. The van der Waals surface area contributed by atoms with Crippen molar-refractivity contribution in [3.05, 3.63) is 83.9 Å². The van der Waals surface area contributed by atoms with Crippen LogP contribution in [0, 0.1) is 6.92 Å². The number of unbranched alkanes of at least 4 members (excludes halogenated alkanes) is 1. The van der Waals surface area contributed by atoms with Crippen LogP contribution in [0.15, 0.2) is 77.7 Å². The summed E-state index contributed by atoms with van der Waals surface area (Å²) in [6.45, 7) is 3.55. The first-order chi connectivity index (χ1) is 15.8. The molecule has 0 aliphatic rings. The topological polar surface area (TPSA) is 72.9 Å². The second-order valence-corrected chi connectivity index (χ2v) is 9.50. The van der Waals surface area contributed by atoms with Crippen LogP contribution in [0.4, 0.5) is 5.69 Å². The molecule has 0 aliphatic carbocycles. The Bertz CT molecular complexity index is 1150. The SMILES string of the molecule is CCCCc1ccc(N(C(=O)COc2ccc(OC)cc2)S(=O)(=O)c2ccc(C)cc2)cc1. The number of methoxy groups -OCH3 is 1. The average molecular weight is 468 g/mol. The van der Waals surface area contributed by atoms with Gasteiger partial charge in [-0.1, -0.05) is 43.2 Å². The van der Waals surface area contributed by atoms with Gasteiger partial charge in [0.25, 0.3) is 15.9 Å². The molecule has 0 fully saturated rings. The number of rotatable bonds is 10. The van der Waals surface area contributed by atoms with Crippen LogP contribution in [0.1, 0.15) is 30.9 Å². The van der Waals surface area contributed by atoms with Crippen molar-refractivity contribution in [3.63, 3.8) is 0 Å². The second-order valence-electron chi connectivity index (χ2n) is 7.71. The Kier molecular flexibility index (Phi) is 8.11. The maximum atomic E-state index is 13.5. The fourth-order valence-electron chi connectivity index (χ4n) is 3.29. The van der Waals surface area contributed by atoms with Crippen molar-refractivity contribution >= 4 is 21.6 Å². The van der Waals surface area contributed by atoms with Crippen molar-refractivity contribution in [1.82, 2.24) is 0 Å². The van der Waals surface area contributed by atoms with Gasteiger partial charge in [-0.25, -0.2) is 8.42 Å². The summed E-state index contributed by atoms with van der Waals surface area (Å²) in [5, 5.41) is 0. The van der Waals surface area contributed by atoms with Crippen LogP contribution in [0.5, 0.6) is 11.5 Å². The highest BCUT2D eigenvalue weighted by Crippen LogP contribution is 2.26. The average Bonchev–Trinajstić information content (AvgIpc) is 2.83. The Hall–Kier alpha value is -3.32.